The first-order chi connectivity index (χ1) is 10.0. The van der Waals surface area contributed by atoms with Crippen LogP contribution in [0.4, 0.5) is 0 Å². The summed E-state index contributed by atoms with van der Waals surface area (Å²) in [6.07, 6.45) is 4.48. The SMILES string of the molecule is CC1(C)CCCCC1C(=O)NCc1sccc1C#CCO. The Labute approximate surface area is 130 Å². The molecule has 4 heteroatoms. The van der Waals surface area contributed by atoms with Crippen molar-refractivity contribution in [1.29, 1.82) is 0 Å². The summed E-state index contributed by atoms with van der Waals surface area (Å²) in [5, 5.41) is 13.8. The van der Waals surface area contributed by atoms with E-state index in [9.17, 15) is 4.79 Å². The minimum absolute atomic E-state index is 0.0946. The summed E-state index contributed by atoms with van der Waals surface area (Å²) in [6.45, 7) is 4.77. The van der Waals surface area contributed by atoms with E-state index >= 15 is 0 Å². The quantitative estimate of drug-likeness (QED) is 0.844. The van der Waals surface area contributed by atoms with Crippen LogP contribution in [-0.2, 0) is 11.3 Å². The summed E-state index contributed by atoms with van der Waals surface area (Å²) in [5.74, 6) is 5.85. The Balaban J connectivity index is 1.96. The van der Waals surface area contributed by atoms with Gasteiger partial charge in [0.2, 0.25) is 5.91 Å². The van der Waals surface area contributed by atoms with E-state index in [1.807, 2.05) is 11.4 Å². The molecule has 1 saturated carbocycles. The topological polar surface area (TPSA) is 49.3 Å². The lowest BCUT2D eigenvalue weighted by molar-refractivity contribution is -0.130. The molecule has 0 aromatic carbocycles. The number of carbonyl (C=O) groups is 1. The van der Waals surface area contributed by atoms with Crippen LogP contribution >= 0.6 is 11.3 Å². The molecule has 1 unspecified atom stereocenters. The number of thiophene rings is 1. The Bertz CT molecular complexity index is 551. The molecule has 0 bridgehead atoms. The fourth-order valence-electron chi connectivity index (χ4n) is 2.99. The molecule has 0 radical (unpaired) electrons. The highest BCUT2D eigenvalue weighted by molar-refractivity contribution is 7.10. The van der Waals surface area contributed by atoms with Crippen LogP contribution in [0.25, 0.3) is 0 Å². The number of aliphatic hydroxyl groups is 1. The van der Waals surface area contributed by atoms with E-state index in [-0.39, 0.29) is 23.8 Å². The van der Waals surface area contributed by atoms with E-state index in [2.05, 4.69) is 31.0 Å². The second kappa shape index (κ2) is 7.11. The third-order valence-corrected chi connectivity index (χ3v) is 5.22. The highest BCUT2D eigenvalue weighted by Gasteiger charge is 2.36. The Kier molecular flexibility index (Phi) is 5.44. The van der Waals surface area contributed by atoms with Crippen LogP contribution in [0.5, 0.6) is 0 Å². The summed E-state index contributed by atoms with van der Waals surface area (Å²) in [4.78, 5) is 13.5. The summed E-state index contributed by atoms with van der Waals surface area (Å²) in [5.41, 5.74) is 0.995. The van der Waals surface area contributed by atoms with Gasteiger partial charge in [0.25, 0.3) is 0 Å². The Morgan fingerprint density at radius 2 is 2.33 bits per heavy atom. The zero-order valence-corrected chi connectivity index (χ0v) is 13.6. The van der Waals surface area contributed by atoms with Gasteiger partial charge in [-0.1, -0.05) is 38.5 Å². The van der Waals surface area contributed by atoms with Crippen molar-refractivity contribution in [3.8, 4) is 11.8 Å². The number of hydrogen-bond donors (Lipinski definition) is 2. The van der Waals surface area contributed by atoms with Gasteiger partial charge < -0.3 is 10.4 Å². The van der Waals surface area contributed by atoms with E-state index in [1.54, 1.807) is 11.3 Å². The number of carbonyl (C=O) groups excluding carboxylic acids is 1. The van der Waals surface area contributed by atoms with Crippen LogP contribution in [0.1, 0.15) is 50.0 Å². The molecule has 2 rings (SSSR count). The summed E-state index contributed by atoms with van der Waals surface area (Å²) in [6, 6.07) is 1.93. The van der Waals surface area contributed by atoms with Gasteiger partial charge in [-0.2, -0.15) is 0 Å². The van der Waals surface area contributed by atoms with Crippen molar-refractivity contribution in [2.24, 2.45) is 11.3 Å². The van der Waals surface area contributed by atoms with Crippen molar-refractivity contribution in [2.75, 3.05) is 6.61 Å². The lowest BCUT2D eigenvalue weighted by Gasteiger charge is -2.37. The molecule has 0 saturated heterocycles. The first-order valence-electron chi connectivity index (χ1n) is 7.48. The minimum Gasteiger partial charge on any atom is -0.384 e. The molecule has 0 aliphatic heterocycles. The maximum absolute atomic E-state index is 12.5. The highest BCUT2D eigenvalue weighted by Crippen LogP contribution is 2.40. The average Bonchev–Trinajstić information content (AvgIpc) is 2.89. The second-order valence-corrected chi connectivity index (χ2v) is 7.22. The normalized spacial score (nSPS) is 20.4. The smallest absolute Gasteiger partial charge is 0.223 e. The van der Waals surface area contributed by atoms with Gasteiger partial charge in [0, 0.05) is 16.4 Å². The standard InChI is InChI=1S/C17H23NO2S/c1-17(2)9-4-3-7-14(17)16(20)18-12-15-13(6-5-10-19)8-11-21-15/h8,11,14,19H,3-4,7,9-10,12H2,1-2H3,(H,18,20). The van der Waals surface area contributed by atoms with Gasteiger partial charge in [-0.15, -0.1) is 11.3 Å². The molecule has 1 amide bonds. The van der Waals surface area contributed by atoms with Gasteiger partial charge in [0.05, 0.1) is 6.54 Å². The number of rotatable bonds is 3. The third-order valence-electron chi connectivity index (χ3n) is 4.29. The van der Waals surface area contributed by atoms with E-state index in [1.165, 1.54) is 6.42 Å². The molecule has 0 spiro atoms. The molecule has 1 atom stereocenters. The van der Waals surface area contributed by atoms with Gasteiger partial charge in [-0.05, 0) is 29.7 Å². The number of aliphatic hydroxyl groups excluding tert-OH is 1. The van der Waals surface area contributed by atoms with Crippen LogP contribution in [0.3, 0.4) is 0 Å². The summed E-state index contributed by atoms with van der Waals surface area (Å²) < 4.78 is 0. The Hall–Kier alpha value is -1.31. The van der Waals surface area contributed by atoms with Crippen LogP contribution in [0.2, 0.25) is 0 Å². The maximum Gasteiger partial charge on any atom is 0.223 e. The predicted molar refractivity (Wildman–Crippen MR) is 85.9 cm³/mol. The molecule has 1 aliphatic carbocycles. The number of hydrogen-bond acceptors (Lipinski definition) is 3. The molecule has 1 aliphatic rings. The maximum atomic E-state index is 12.5. The summed E-state index contributed by atoms with van der Waals surface area (Å²) in [7, 11) is 0. The van der Waals surface area contributed by atoms with Gasteiger partial charge in [-0.25, -0.2) is 0 Å². The molecule has 2 N–H and O–H groups in total. The summed E-state index contributed by atoms with van der Waals surface area (Å²) >= 11 is 1.59. The monoisotopic (exact) mass is 305 g/mol. The highest BCUT2D eigenvalue weighted by atomic mass is 32.1. The molecule has 1 heterocycles. The van der Waals surface area contributed by atoms with Gasteiger partial charge in [0.1, 0.15) is 6.61 Å². The Morgan fingerprint density at radius 3 is 3.05 bits per heavy atom. The predicted octanol–water partition coefficient (Wildman–Crippen LogP) is 2.92. The van der Waals surface area contributed by atoms with Crippen molar-refractivity contribution < 1.29 is 9.90 Å². The minimum atomic E-state index is -0.141. The molecular weight excluding hydrogens is 282 g/mol. The van der Waals surface area contributed by atoms with Crippen molar-refractivity contribution in [3.05, 3.63) is 21.9 Å². The van der Waals surface area contributed by atoms with Crippen LogP contribution in [0.15, 0.2) is 11.4 Å². The molecule has 1 fully saturated rings. The van der Waals surface area contributed by atoms with Crippen LogP contribution < -0.4 is 5.32 Å². The van der Waals surface area contributed by atoms with Gasteiger partial charge in [0.15, 0.2) is 0 Å². The first-order valence-corrected chi connectivity index (χ1v) is 8.36. The average molecular weight is 305 g/mol. The van der Waals surface area contributed by atoms with Crippen molar-refractivity contribution >= 4 is 17.2 Å². The number of amides is 1. The molecular formula is C17H23NO2S. The number of nitrogens with one attached hydrogen (secondary N) is 1. The molecule has 1 aromatic rings. The molecule has 3 nitrogen and oxygen atoms in total. The lowest BCUT2D eigenvalue weighted by atomic mass is 9.68. The molecule has 21 heavy (non-hydrogen) atoms. The lowest BCUT2D eigenvalue weighted by Crippen LogP contribution is -2.40. The van der Waals surface area contributed by atoms with E-state index in [0.29, 0.717) is 6.54 Å². The van der Waals surface area contributed by atoms with E-state index < -0.39 is 0 Å². The van der Waals surface area contributed by atoms with Crippen molar-refractivity contribution in [3.63, 3.8) is 0 Å². The van der Waals surface area contributed by atoms with Crippen LogP contribution in [-0.4, -0.2) is 17.6 Å². The largest absolute Gasteiger partial charge is 0.384 e. The Morgan fingerprint density at radius 1 is 1.52 bits per heavy atom. The zero-order valence-electron chi connectivity index (χ0n) is 12.7. The molecule has 1 aromatic heterocycles. The van der Waals surface area contributed by atoms with Gasteiger partial charge >= 0.3 is 0 Å². The van der Waals surface area contributed by atoms with Crippen molar-refractivity contribution in [2.45, 2.75) is 46.1 Å². The van der Waals surface area contributed by atoms with Gasteiger partial charge in [-0.3, -0.25) is 4.79 Å². The van der Waals surface area contributed by atoms with Crippen LogP contribution in [0, 0.1) is 23.2 Å². The van der Waals surface area contributed by atoms with Crippen molar-refractivity contribution in [1.82, 2.24) is 5.32 Å². The molecule has 114 valence electrons. The zero-order chi connectivity index (χ0) is 15.3. The third kappa shape index (κ3) is 4.09. The van der Waals surface area contributed by atoms with E-state index in [4.69, 9.17) is 5.11 Å². The first kappa shape index (κ1) is 16.1. The second-order valence-electron chi connectivity index (χ2n) is 6.22. The fourth-order valence-corrected chi connectivity index (χ4v) is 3.76. The fraction of sp³-hybridized carbons (Fsp3) is 0.588. The van der Waals surface area contributed by atoms with E-state index in [0.717, 1.165) is 29.7 Å².